The first kappa shape index (κ1) is 23.8. The molecule has 34 heavy (non-hydrogen) atoms. The smallest absolute Gasteiger partial charge is 0.407 e. The standard InChI is InChI=1S/C27H32N2O5/c1-17(15-23(30)29-14-8-13-27(2,3)24(29)25(31)32)28-26(33)34-16-22-20-11-6-4-9-18(20)19-10-5-7-12-21(19)22/h4-7,9-12,17,22,24H,8,13-16H2,1-3H3,(H,28,33)(H,31,32)/t17-,24?/m0/s1. The van der Waals surface area contributed by atoms with Gasteiger partial charge in [0.05, 0.1) is 0 Å². The van der Waals surface area contributed by atoms with Gasteiger partial charge in [-0.3, -0.25) is 4.79 Å². The van der Waals surface area contributed by atoms with Crippen molar-refractivity contribution in [2.24, 2.45) is 5.41 Å². The zero-order valence-electron chi connectivity index (χ0n) is 19.9. The van der Waals surface area contributed by atoms with E-state index < -0.39 is 29.6 Å². The number of benzene rings is 2. The van der Waals surface area contributed by atoms with Crippen LogP contribution >= 0.6 is 0 Å². The number of fused-ring (bicyclic) bond motifs is 3. The summed E-state index contributed by atoms with van der Waals surface area (Å²) in [5.41, 5.74) is 4.08. The quantitative estimate of drug-likeness (QED) is 0.660. The lowest BCUT2D eigenvalue weighted by Crippen LogP contribution is -2.57. The lowest BCUT2D eigenvalue weighted by molar-refractivity contribution is -0.159. The van der Waals surface area contributed by atoms with Crippen molar-refractivity contribution in [3.63, 3.8) is 0 Å². The maximum atomic E-state index is 12.9. The molecule has 1 unspecified atom stereocenters. The molecule has 2 amide bonds. The first-order valence-electron chi connectivity index (χ1n) is 11.8. The number of ether oxygens (including phenoxy) is 1. The molecule has 7 heteroatoms. The summed E-state index contributed by atoms with van der Waals surface area (Å²) in [7, 11) is 0. The van der Waals surface area contributed by atoms with Crippen molar-refractivity contribution < 1.29 is 24.2 Å². The second kappa shape index (κ2) is 9.49. The molecule has 1 saturated heterocycles. The molecule has 1 aliphatic carbocycles. The number of likely N-dealkylation sites (tertiary alicyclic amines) is 1. The van der Waals surface area contributed by atoms with Gasteiger partial charge in [0.15, 0.2) is 0 Å². The molecule has 1 fully saturated rings. The monoisotopic (exact) mass is 464 g/mol. The highest BCUT2D eigenvalue weighted by Gasteiger charge is 2.44. The van der Waals surface area contributed by atoms with Gasteiger partial charge < -0.3 is 20.1 Å². The zero-order chi connectivity index (χ0) is 24.5. The third-order valence-corrected chi connectivity index (χ3v) is 7.02. The number of carbonyl (C=O) groups excluding carboxylic acids is 2. The molecule has 2 aromatic rings. The number of carboxylic acid groups (broad SMARTS) is 1. The number of carboxylic acids is 1. The normalized spacial score (nSPS) is 19.6. The second-order valence-corrected chi connectivity index (χ2v) is 10.00. The van der Waals surface area contributed by atoms with Crippen molar-refractivity contribution in [2.75, 3.05) is 13.2 Å². The topological polar surface area (TPSA) is 95.9 Å². The lowest BCUT2D eigenvalue weighted by Gasteiger charge is -2.44. The number of rotatable bonds is 6. The number of hydrogen-bond donors (Lipinski definition) is 2. The van der Waals surface area contributed by atoms with Gasteiger partial charge in [0.25, 0.3) is 0 Å². The Morgan fingerprint density at radius 1 is 1.09 bits per heavy atom. The molecule has 180 valence electrons. The van der Waals surface area contributed by atoms with Gasteiger partial charge >= 0.3 is 12.1 Å². The van der Waals surface area contributed by atoms with E-state index in [0.29, 0.717) is 6.54 Å². The van der Waals surface area contributed by atoms with Crippen LogP contribution in [-0.2, 0) is 14.3 Å². The van der Waals surface area contributed by atoms with Crippen molar-refractivity contribution >= 4 is 18.0 Å². The summed E-state index contributed by atoms with van der Waals surface area (Å²) in [5, 5.41) is 12.4. The van der Waals surface area contributed by atoms with Crippen LogP contribution in [0.5, 0.6) is 0 Å². The van der Waals surface area contributed by atoms with Gasteiger partial charge in [-0.2, -0.15) is 0 Å². The molecule has 0 radical (unpaired) electrons. The van der Waals surface area contributed by atoms with E-state index in [-0.39, 0.29) is 24.9 Å². The van der Waals surface area contributed by atoms with Gasteiger partial charge in [-0.05, 0) is 47.4 Å². The number of piperidine rings is 1. The molecular formula is C27H32N2O5. The Labute approximate surface area is 200 Å². The van der Waals surface area contributed by atoms with Crippen LogP contribution in [0.1, 0.15) is 57.1 Å². The van der Waals surface area contributed by atoms with Crippen LogP contribution in [0.15, 0.2) is 48.5 Å². The Morgan fingerprint density at radius 3 is 2.26 bits per heavy atom. The summed E-state index contributed by atoms with van der Waals surface area (Å²) in [6.07, 6.45) is 0.943. The first-order chi connectivity index (χ1) is 16.2. The number of alkyl carbamates (subject to hydrolysis) is 1. The minimum absolute atomic E-state index is 0.0179. The highest BCUT2D eigenvalue weighted by Crippen LogP contribution is 2.44. The Hall–Kier alpha value is -3.35. The molecule has 1 heterocycles. The number of hydrogen-bond acceptors (Lipinski definition) is 4. The molecule has 0 saturated carbocycles. The van der Waals surface area contributed by atoms with Crippen LogP contribution in [0.3, 0.4) is 0 Å². The fourth-order valence-corrected chi connectivity index (χ4v) is 5.40. The van der Waals surface area contributed by atoms with Crippen molar-refractivity contribution in [1.29, 1.82) is 0 Å². The summed E-state index contributed by atoms with van der Waals surface area (Å²) >= 11 is 0. The van der Waals surface area contributed by atoms with Crippen LogP contribution in [-0.4, -0.2) is 53.2 Å². The first-order valence-corrected chi connectivity index (χ1v) is 11.8. The molecule has 2 aromatic carbocycles. The molecule has 0 spiro atoms. The van der Waals surface area contributed by atoms with E-state index in [1.807, 2.05) is 38.1 Å². The zero-order valence-corrected chi connectivity index (χ0v) is 19.9. The molecule has 2 aliphatic rings. The summed E-state index contributed by atoms with van der Waals surface area (Å²) in [4.78, 5) is 38.7. The van der Waals surface area contributed by atoms with Crippen molar-refractivity contribution in [2.45, 2.75) is 58.0 Å². The molecule has 4 rings (SSSR count). The second-order valence-electron chi connectivity index (χ2n) is 10.00. The van der Waals surface area contributed by atoms with Crippen LogP contribution in [0.4, 0.5) is 4.79 Å². The molecule has 2 N–H and O–H groups in total. The molecule has 2 atom stereocenters. The highest BCUT2D eigenvalue weighted by atomic mass is 16.5. The molecule has 0 bridgehead atoms. The fraction of sp³-hybridized carbons (Fsp3) is 0.444. The summed E-state index contributed by atoms with van der Waals surface area (Å²) in [6, 6.07) is 14.9. The van der Waals surface area contributed by atoms with Crippen LogP contribution in [0.2, 0.25) is 0 Å². The minimum atomic E-state index is -0.991. The fourth-order valence-electron chi connectivity index (χ4n) is 5.40. The van der Waals surface area contributed by atoms with E-state index in [0.717, 1.165) is 35.1 Å². The maximum Gasteiger partial charge on any atom is 0.407 e. The van der Waals surface area contributed by atoms with Crippen molar-refractivity contribution in [1.82, 2.24) is 10.2 Å². The largest absolute Gasteiger partial charge is 0.480 e. The molecular weight excluding hydrogens is 432 g/mol. The Balaban J connectivity index is 1.34. The van der Waals surface area contributed by atoms with Gasteiger partial charge in [-0.25, -0.2) is 9.59 Å². The average molecular weight is 465 g/mol. The Morgan fingerprint density at radius 2 is 1.68 bits per heavy atom. The SMILES string of the molecule is C[C@@H](CC(=O)N1CCCC(C)(C)C1C(=O)O)NC(=O)OCC1c2ccccc2-c2ccccc21. The van der Waals surface area contributed by atoms with Crippen LogP contribution < -0.4 is 5.32 Å². The predicted molar refractivity (Wildman–Crippen MR) is 128 cm³/mol. The number of aliphatic carboxylic acids is 1. The van der Waals surface area contributed by atoms with Gasteiger partial charge in [0.2, 0.25) is 5.91 Å². The summed E-state index contributed by atoms with van der Waals surface area (Å²) in [5.74, 6) is -1.30. The number of carbonyl (C=O) groups is 3. The van der Waals surface area contributed by atoms with E-state index in [9.17, 15) is 19.5 Å². The van der Waals surface area contributed by atoms with Gasteiger partial charge in [0.1, 0.15) is 12.6 Å². The van der Waals surface area contributed by atoms with Gasteiger partial charge in [-0.1, -0.05) is 62.4 Å². The minimum Gasteiger partial charge on any atom is -0.480 e. The van der Waals surface area contributed by atoms with Crippen LogP contribution in [0.25, 0.3) is 11.1 Å². The maximum absolute atomic E-state index is 12.9. The summed E-state index contributed by atoms with van der Waals surface area (Å²) < 4.78 is 5.56. The van der Waals surface area contributed by atoms with Crippen molar-refractivity contribution in [3.05, 3.63) is 59.7 Å². The number of nitrogens with zero attached hydrogens (tertiary/aromatic N) is 1. The lowest BCUT2D eigenvalue weighted by atomic mass is 9.76. The third-order valence-electron chi connectivity index (χ3n) is 7.02. The number of nitrogens with one attached hydrogen (secondary N) is 1. The highest BCUT2D eigenvalue weighted by molar-refractivity contribution is 5.85. The number of amides is 2. The molecule has 7 nitrogen and oxygen atoms in total. The third kappa shape index (κ3) is 4.65. The van der Waals surface area contributed by atoms with E-state index >= 15 is 0 Å². The van der Waals surface area contributed by atoms with E-state index in [1.54, 1.807) is 6.92 Å². The Kier molecular flexibility index (Phi) is 6.64. The Bertz CT molecular complexity index is 1050. The van der Waals surface area contributed by atoms with Crippen molar-refractivity contribution in [3.8, 4) is 11.1 Å². The average Bonchev–Trinajstić information content (AvgIpc) is 3.10. The summed E-state index contributed by atoms with van der Waals surface area (Å²) in [6.45, 7) is 6.09. The molecule has 0 aromatic heterocycles. The van der Waals surface area contributed by atoms with Gasteiger partial charge in [0, 0.05) is 24.9 Å². The van der Waals surface area contributed by atoms with E-state index in [2.05, 4.69) is 29.6 Å². The van der Waals surface area contributed by atoms with E-state index in [1.165, 1.54) is 4.90 Å². The molecule has 1 aliphatic heterocycles. The van der Waals surface area contributed by atoms with Gasteiger partial charge in [-0.15, -0.1) is 0 Å². The van der Waals surface area contributed by atoms with Crippen LogP contribution in [0, 0.1) is 5.41 Å². The predicted octanol–water partition coefficient (Wildman–Crippen LogP) is 4.41. The van der Waals surface area contributed by atoms with E-state index in [4.69, 9.17) is 4.74 Å².